The zero-order valence-corrected chi connectivity index (χ0v) is 30.5. The van der Waals surface area contributed by atoms with E-state index in [0.717, 1.165) is 32.1 Å². The van der Waals surface area contributed by atoms with Crippen LogP contribution in [0.3, 0.4) is 0 Å². The molecule has 0 aromatic heterocycles. The first-order valence-corrected chi connectivity index (χ1v) is 18.2. The number of ether oxygens (including phenoxy) is 2. The molecule has 1 heterocycles. The smallest absolute Gasteiger partial charge is 0.726 e. The summed E-state index contributed by atoms with van der Waals surface area (Å²) in [6.07, 6.45) is 0.365. The number of hydrogen-bond donors (Lipinski definition) is 5. The van der Waals surface area contributed by atoms with Crippen LogP contribution in [0.2, 0.25) is 0 Å². The van der Waals surface area contributed by atoms with Gasteiger partial charge in [-0.15, -0.1) is 0 Å². The third kappa shape index (κ3) is 7.54. The summed E-state index contributed by atoms with van der Waals surface area (Å²) in [6.45, 7) is 8.73. The quantitative estimate of drug-likeness (QED) is 0.0860. The summed E-state index contributed by atoms with van der Waals surface area (Å²) in [5, 5.41) is 53.6. The van der Waals surface area contributed by atoms with Crippen LogP contribution in [-0.4, -0.2) is 94.6 Å². The van der Waals surface area contributed by atoms with Crippen LogP contribution in [-0.2, 0) is 24.1 Å². The van der Waals surface area contributed by atoms with Gasteiger partial charge in [0.2, 0.25) is 10.4 Å². The number of fused-ring (bicyclic) bond motifs is 5. The van der Waals surface area contributed by atoms with E-state index in [4.69, 9.17) is 13.7 Å². The average Bonchev–Trinajstić information content (AvgIpc) is 3.30. The monoisotopic (exact) mass is 670 g/mol. The van der Waals surface area contributed by atoms with Gasteiger partial charge in [-0.3, -0.25) is 4.18 Å². The molecule has 1 aliphatic heterocycles. The molecular formula is C32H55NaO11S. The molecule has 4 saturated carbocycles. The summed E-state index contributed by atoms with van der Waals surface area (Å²) in [6, 6.07) is 0. The van der Waals surface area contributed by atoms with Crippen molar-refractivity contribution < 1.29 is 81.7 Å². The second-order valence-corrected chi connectivity index (χ2v) is 16.6. The third-order valence-corrected chi connectivity index (χ3v) is 13.5. The molecule has 0 amide bonds. The maximum absolute atomic E-state index is 11.6. The van der Waals surface area contributed by atoms with Crippen molar-refractivity contribution in [1.29, 1.82) is 0 Å². The van der Waals surface area contributed by atoms with Gasteiger partial charge in [0.05, 0.1) is 24.9 Å². The minimum absolute atomic E-state index is 0. The molecule has 11 nitrogen and oxygen atoms in total. The average molecular weight is 671 g/mol. The van der Waals surface area contributed by atoms with E-state index in [0.29, 0.717) is 31.6 Å². The zero-order valence-electron chi connectivity index (χ0n) is 27.7. The van der Waals surface area contributed by atoms with Crippen LogP contribution in [0.25, 0.3) is 0 Å². The summed E-state index contributed by atoms with van der Waals surface area (Å²) in [7, 11) is -4.86. The molecule has 45 heavy (non-hydrogen) atoms. The van der Waals surface area contributed by atoms with Crippen molar-refractivity contribution in [3.05, 3.63) is 0 Å². The van der Waals surface area contributed by atoms with Gasteiger partial charge < -0.3 is 39.6 Å². The largest absolute Gasteiger partial charge is 1.00 e. The summed E-state index contributed by atoms with van der Waals surface area (Å²) >= 11 is 0. The maximum Gasteiger partial charge on any atom is 1.00 e. The van der Waals surface area contributed by atoms with Gasteiger partial charge in [-0.2, -0.15) is 0 Å². The van der Waals surface area contributed by atoms with E-state index in [1.165, 1.54) is 0 Å². The van der Waals surface area contributed by atoms with Crippen LogP contribution < -0.4 is 29.6 Å². The van der Waals surface area contributed by atoms with E-state index in [2.05, 4.69) is 27.7 Å². The standard InChI is InChI=1S/C32H56O11S.Na/c1-17(2)6-5-7-18(15-33)21-8-9-22-20-13-25(34)24-12-19(43-44(38,39)40)10-11-31(24,3)23(20)14-27(32(21,22)4)42-30-29(37)28(36)26(35)16-41-30;/h17-30,33-37H,5-16H2,1-4H3,(H,38,39,40);/q;+1/p-1/t18-,19+,20-,21+,22-,23-,24+,25+,26+,27+,28-,29+,30-,31+,32+;/m0./s1. The first-order valence-electron chi connectivity index (χ1n) is 16.8. The van der Waals surface area contributed by atoms with E-state index < -0.39 is 52.6 Å². The van der Waals surface area contributed by atoms with Gasteiger partial charge in [0.1, 0.15) is 18.3 Å². The molecule has 4 aliphatic carbocycles. The Morgan fingerprint density at radius 1 is 0.933 bits per heavy atom. The Labute approximate surface area is 291 Å². The SMILES string of the molecule is CC(C)CCC[C@@H](CO)[C@H]1CC[C@H]2[C@@H]3C[C@@H](O)[C@H]4C[C@H](OS(=O)(=O)[O-])CC[C@]4(C)[C@H]3C[C@@H](O[C@@H]3OC[C@@H](O)[C@H](O)[C@H]3O)[C@]12C.[Na+]. The van der Waals surface area contributed by atoms with Gasteiger partial charge in [-0.05, 0) is 98.2 Å². The fourth-order valence-corrected chi connectivity index (χ4v) is 11.2. The first-order chi connectivity index (χ1) is 20.6. The Hall–Kier alpha value is 0.590. The topological polar surface area (TPSA) is 186 Å². The van der Waals surface area contributed by atoms with Crippen LogP contribution in [0, 0.1) is 52.3 Å². The molecule has 5 fully saturated rings. The third-order valence-electron chi connectivity index (χ3n) is 12.9. The van der Waals surface area contributed by atoms with Crippen LogP contribution in [0.1, 0.15) is 91.9 Å². The number of aliphatic hydroxyl groups is 5. The van der Waals surface area contributed by atoms with Gasteiger partial charge in [0.25, 0.3) is 0 Å². The van der Waals surface area contributed by atoms with E-state index in [1.54, 1.807) is 0 Å². The molecule has 5 rings (SSSR count). The Kier molecular flexibility index (Phi) is 12.7. The van der Waals surface area contributed by atoms with Crippen molar-refractivity contribution in [3.63, 3.8) is 0 Å². The molecular weight excluding hydrogens is 615 g/mol. The van der Waals surface area contributed by atoms with E-state index in [9.17, 15) is 38.5 Å². The molecule has 0 bridgehead atoms. The molecule has 0 unspecified atom stereocenters. The molecule has 15 atom stereocenters. The van der Waals surface area contributed by atoms with Crippen LogP contribution in [0.15, 0.2) is 0 Å². The predicted octanol–water partition coefficient (Wildman–Crippen LogP) is -0.666. The van der Waals surface area contributed by atoms with Gasteiger partial charge in [-0.25, -0.2) is 8.42 Å². The Balaban J connectivity index is 0.00000461. The van der Waals surface area contributed by atoms with Gasteiger partial charge in [-0.1, -0.05) is 40.5 Å². The van der Waals surface area contributed by atoms with Crippen molar-refractivity contribution in [2.75, 3.05) is 13.2 Å². The fourth-order valence-electron chi connectivity index (χ4n) is 10.7. The summed E-state index contributed by atoms with van der Waals surface area (Å²) in [4.78, 5) is 0. The summed E-state index contributed by atoms with van der Waals surface area (Å²) in [5.74, 6) is 1.03. The molecule has 5 aliphatic rings. The second-order valence-electron chi connectivity index (χ2n) is 15.6. The number of hydrogen-bond acceptors (Lipinski definition) is 11. The van der Waals surface area contributed by atoms with Crippen molar-refractivity contribution >= 4 is 10.4 Å². The van der Waals surface area contributed by atoms with Crippen LogP contribution in [0.4, 0.5) is 0 Å². The fraction of sp³-hybridized carbons (Fsp3) is 1.00. The Morgan fingerprint density at radius 2 is 1.64 bits per heavy atom. The summed E-state index contributed by atoms with van der Waals surface area (Å²) in [5.41, 5.74) is -0.748. The van der Waals surface area contributed by atoms with Crippen LogP contribution >= 0.6 is 0 Å². The van der Waals surface area contributed by atoms with E-state index in [-0.39, 0.29) is 96.2 Å². The maximum atomic E-state index is 11.6. The molecule has 5 N–H and O–H groups in total. The Morgan fingerprint density at radius 3 is 2.29 bits per heavy atom. The van der Waals surface area contributed by atoms with Crippen molar-refractivity contribution in [1.82, 2.24) is 0 Å². The van der Waals surface area contributed by atoms with Crippen LogP contribution in [0.5, 0.6) is 0 Å². The molecule has 13 heteroatoms. The van der Waals surface area contributed by atoms with E-state index in [1.807, 2.05) is 0 Å². The summed E-state index contributed by atoms with van der Waals surface area (Å²) < 4.78 is 51.5. The molecule has 256 valence electrons. The number of aliphatic hydroxyl groups excluding tert-OH is 5. The normalized spacial score (nSPS) is 47.4. The first kappa shape index (κ1) is 38.4. The van der Waals surface area contributed by atoms with Gasteiger partial charge >= 0.3 is 29.6 Å². The second kappa shape index (κ2) is 14.8. The predicted molar refractivity (Wildman–Crippen MR) is 158 cm³/mol. The molecule has 0 aromatic rings. The minimum Gasteiger partial charge on any atom is -0.726 e. The minimum atomic E-state index is -4.86. The number of rotatable bonds is 10. The molecule has 0 aromatic carbocycles. The molecule has 0 radical (unpaired) electrons. The van der Waals surface area contributed by atoms with Crippen molar-refractivity contribution in [3.8, 4) is 0 Å². The van der Waals surface area contributed by atoms with Gasteiger partial charge in [0.15, 0.2) is 6.29 Å². The molecule has 1 saturated heterocycles. The molecule has 0 spiro atoms. The van der Waals surface area contributed by atoms with E-state index >= 15 is 0 Å². The zero-order chi connectivity index (χ0) is 32.2. The van der Waals surface area contributed by atoms with Crippen molar-refractivity contribution in [2.45, 2.75) is 135 Å². The Bertz CT molecular complexity index is 1090. The van der Waals surface area contributed by atoms with Crippen molar-refractivity contribution in [2.24, 2.45) is 52.3 Å². The van der Waals surface area contributed by atoms with Gasteiger partial charge in [0, 0.05) is 12.0 Å².